The SMILES string of the molecule is CCC[P+](c1ccccc1)(c1ccccc1)c1ccccc1.[O-]c1cc(Cl)ccc1Oc1ccc(Cl)cc1Cl. The number of benzene rings is 5. The van der Waals surface area contributed by atoms with Crippen molar-refractivity contribution in [3.05, 3.63) is 142 Å². The molecule has 0 spiro atoms. The van der Waals surface area contributed by atoms with E-state index in [0.29, 0.717) is 20.8 Å². The van der Waals surface area contributed by atoms with Crippen molar-refractivity contribution < 1.29 is 9.84 Å². The summed E-state index contributed by atoms with van der Waals surface area (Å²) in [5, 5.41) is 17.2. The van der Waals surface area contributed by atoms with Crippen molar-refractivity contribution in [3.63, 3.8) is 0 Å². The van der Waals surface area contributed by atoms with E-state index < -0.39 is 7.26 Å². The Hall–Kier alpha value is -3.00. The average Bonchev–Trinajstić information content (AvgIpc) is 2.96. The van der Waals surface area contributed by atoms with Crippen LogP contribution in [0.25, 0.3) is 0 Å². The van der Waals surface area contributed by atoms with Gasteiger partial charge in [-0.25, -0.2) is 0 Å². The first-order valence-corrected chi connectivity index (χ1v) is 15.7. The molecule has 0 unspecified atom stereocenters. The number of hydrogen-bond donors (Lipinski definition) is 0. The lowest BCUT2D eigenvalue weighted by atomic mass is 10.3. The average molecular weight is 594 g/mol. The van der Waals surface area contributed by atoms with Crippen LogP contribution in [0.4, 0.5) is 0 Å². The third kappa shape index (κ3) is 7.15. The quantitative estimate of drug-likeness (QED) is 0.177. The van der Waals surface area contributed by atoms with Crippen LogP contribution >= 0.6 is 42.1 Å². The molecule has 2 nitrogen and oxygen atoms in total. The van der Waals surface area contributed by atoms with Crippen molar-refractivity contribution in [2.45, 2.75) is 13.3 Å². The van der Waals surface area contributed by atoms with Crippen LogP contribution in [0.3, 0.4) is 0 Å². The number of ether oxygens (including phenoxy) is 1. The van der Waals surface area contributed by atoms with E-state index in [1.54, 1.807) is 24.3 Å². The maximum absolute atomic E-state index is 11.5. The van der Waals surface area contributed by atoms with Crippen molar-refractivity contribution in [1.29, 1.82) is 0 Å². The lowest BCUT2D eigenvalue weighted by molar-refractivity contribution is -0.269. The Balaban J connectivity index is 0.000000187. The minimum absolute atomic E-state index is 0.165. The minimum atomic E-state index is -1.55. The molecule has 0 saturated heterocycles. The van der Waals surface area contributed by atoms with Crippen LogP contribution in [-0.2, 0) is 0 Å². The molecule has 5 rings (SSSR count). The second-order valence-electron chi connectivity index (χ2n) is 8.81. The van der Waals surface area contributed by atoms with Crippen molar-refractivity contribution >= 4 is 58.0 Å². The molecule has 0 aliphatic heterocycles. The first-order chi connectivity index (χ1) is 18.9. The van der Waals surface area contributed by atoms with E-state index in [2.05, 4.69) is 97.9 Å². The van der Waals surface area contributed by atoms with Crippen molar-refractivity contribution in [3.8, 4) is 17.2 Å². The molecule has 0 saturated carbocycles. The molecular formula is C33H28Cl3O2P. The lowest BCUT2D eigenvalue weighted by Gasteiger charge is -2.27. The van der Waals surface area contributed by atoms with Crippen LogP contribution in [0.1, 0.15) is 13.3 Å². The number of hydrogen-bond acceptors (Lipinski definition) is 2. The fourth-order valence-electron chi connectivity index (χ4n) is 4.46. The molecule has 0 radical (unpaired) electrons. The van der Waals surface area contributed by atoms with Gasteiger partial charge in [0, 0.05) is 10.0 Å². The molecule has 0 heterocycles. The van der Waals surface area contributed by atoms with E-state index in [0.717, 1.165) is 0 Å². The summed E-state index contributed by atoms with van der Waals surface area (Å²) in [6, 6.07) is 42.3. The molecule has 0 aromatic heterocycles. The molecule has 0 amide bonds. The van der Waals surface area contributed by atoms with Crippen molar-refractivity contribution in [2.75, 3.05) is 6.16 Å². The number of rotatable bonds is 7. The van der Waals surface area contributed by atoms with Crippen LogP contribution in [0.5, 0.6) is 17.2 Å². The Morgan fingerprint density at radius 1 is 0.590 bits per heavy atom. The van der Waals surface area contributed by atoms with Crippen molar-refractivity contribution in [1.82, 2.24) is 0 Å². The molecule has 0 aliphatic rings. The lowest BCUT2D eigenvalue weighted by Crippen LogP contribution is -2.33. The van der Waals surface area contributed by atoms with Crippen LogP contribution < -0.4 is 25.8 Å². The highest BCUT2D eigenvalue weighted by Crippen LogP contribution is 2.55. The highest BCUT2D eigenvalue weighted by atomic mass is 35.5. The van der Waals surface area contributed by atoms with E-state index in [1.807, 2.05) is 0 Å². The molecule has 0 aliphatic carbocycles. The van der Waals surface area contributed by atoms with E-state index in [9.17, 15) is 5.11 Å². The summed E-state index contributed by atoms with van der Waals surface area (Å²) in [6.07, 6.45) is 2.40. The topological polar surface area (TPSA) is 32.3 Å². The fraction of sp³-hybridized carbons (Fsp3) is 0.0909. The molecule has 6 heteroatoms. The van der Waals surface area contributed by atoms with Crippen LogP contribution in [0, 0.1) is 0 Å². The largest absolute Gasteiger partial charge is 0.870 e. The molecule has 0 atom stereocenters. The molecule has 5 aromatic rings. The van der Waals surface area contributed by atoms with E-state index in [4.69, 9.17) is 39.5 Å². The molecule has 0 fully saturated rings. The summed E-state index contributed by atoms with van der Waals surface area (Å²) < 4.78 is 5.39. The molecule has 0 bridgehead atoms. The normalized spacial score (nSPS) is 10.9. The maximum atomic E-state index is 11.5. The first-order valence-electron chi connectivity index (χ1n) is 12.6. The molecule has 39 heavy (non-hydrogen) atoms. The third-order valence-electron chi connectivity index (χ3n) is 6.17. The zero-order valence-electron chi connectivity index (χ0n) is 21.4. The van der Waals surface area contributed by atoms with E-state index in [1.165, 1.54) is 40.6 Å². The monoisotopic (exact) mass is 592 g/mol. The summed E-state index contributed by atoms with van der Waals surface area (Å²) in [5.41, 5.74) is 0. The number of halogens is 3. The Morgan fingerprint density at radius 3 is 1.44 bits per heavy atom. The van der Waals surface area contributed by atoms with E-state index in [-0.39, 0.29) is 11.5 Å². The second-order valence-corrected chi connectivity index (χ2v) is 13.7. The Kier molecular flexibility index (Phi) is 10.3. The summed E-state index contributed by atoms with van der Waals surface area (Å²) >= 11 is 17.4. The van der Waals surface area contributed by atoms with Gasteiger partial charge in [-0.15, -0.1) is 0 Å². The second kappa shape index (κ2) is 13.9. The molecule has 198 valence electrons. The summed E-state index contributed by atoms with van der Waals surface area (Å²) in [7, 11) is -1.55. The van der Waals surface area contributed by atoms with Gasteiger partial charge in [-0.2, -0.15) is 0 Å². The van der Waals surface area contributed by atoms with Gasteiger partial charge in [0.05, 0.1) is 11.2 Å². The maximum Gasteiger partial charge on any atom is 0.146 e. The van der Waals surface area contributed by atoms with Gasteiger partial charge in [-0.3, -0.25) is 0 Å². The van der Waals surface area contributed by atoms with Crippen LogP contribution in [-0.4, -0.2) is 6.16 Å². The predicted octanol–water partition coefficient (Wildman–Crippen LogP) is 8.90. The highest BCUT2D eigenvalue weighted by Gasteiger charge is 2.44. The first kappa shape index (κ1) is 29.0. The van der Waals surface area contributed by atoms with Gasteiger partial charge in [0.15, 0.2) is 0 Å². The zero-order valence-corrected chi connectivity index (χ0v) is 24.6. The Labute approximate surface area is 246 Å². The Morgan fingerprint density at radius 2 is 1.03 bits per heavy atom. The molecule has 5 aromatic carbocycles. The highest BCUT2D eigenvalue weighted by molar-refractivity contribution is 7.95. The van der Waals surface area contributed by atoms with Gasteiger partial charge in [0.25, 0.3) is 0 Å². The predicted molar refractivity (Wildman–Crippen MR) is 168 cm³/mol. The van der Waals surface area contributed by atoms with Gasteiger partial charge < -0.3 is 9.84 Å². The summed E-state index contributed by atoms with van der Waals surface area (Å²) in [4.78, 5) is 0. The van der Waals surface area contributed by atoms with Crippen LogP contribution in [0.15, 0.2) is 127 Å². The zero-order chi connectivity index (χ0) is 27.7. The van der Waals surface area contributed by atoms with E-state index >= 15 is 0 Å². The van der Waals surface area contributed by atoms with Gasteiger partial charge in [-0.1, -0.05) is 102 Å². The van der Waals surface area contributed by atoms with Gasteiger partial charge in [0.2, 0.25) is 0 Å². The fourth-order valence-corrected chi connectivity index (χ4v) is 9.45. The van der Waals surface area contributed by atoms with Crippen molar-refractivity contribution in [2.24, 2.45) is 0 Å². The van der Waals surface area contributed by atoms with Gasteiger partial charge in [-0.05, 0) is 79.2 Å². The minimum Gasteiger partial charge on any atom is -0.870 e. The van der Waals surface area contributed by atoms with Gasteiger partial charge >= 0.3 is 0 Å². The molecular weight excluding hydrogens is 566 g/mol. The van der Waals surface area contributed by atoms with Gasteiger partial charge in [0.1, 0.15) is 34.7 Å². The summed E-state index contributed by atoms with van der Waals surface area (Å²) in [6.45, 7) is 2.30. The Bertz CT molecular complexity index is 1330. The smallest absolute Gasteiger partial charge is 0.146 e. The van der Waals surface area contributed by atoms with Crippen LogP contribution in [0.2, 0.25) is 15.1 Å². The third-order valence-corrected chi connectivity index (χ3v) is 11.6. The summed E-state index contributed by atoms with van der Waals surface area (Å²) in [5.74, 6) is 0.234. The molecule has 0 N–H and O–H groups in total. The standard InChI is InChI=1S/C21H22P.C12H7Cl3O2/c1-2-18-22(19-12-6-3-7-13-19,20-14-8-4-9-15-20)21-16-10-5-11-17-21;13-7-1-3-11(9(15)5-7)17-12-4-2-8(14)6-10(12)16/h3-17H,2,18H2,1H3;1-6,16H/q+1;/p-1.